The first-order valence-electron chi connectivity index (χ1n) is 8.57. The molecule has 0 atom stereocenters. The van der Waals surface area contributed by atoms with Gasteiger partial charge in [0.05, 0.1) is 6.54 Å². The van der Waals surface area contributed by atoms with Gasteiger partial charge in [0.2, 0.25) is 5.91 Å². The maximum absolute atomic E-state index is 11.0. The molecule has 0 aromatic heterocycles. The Morgan fingerprint density at radius 1 is 0.824 bits per heavy atom. The molecule has 4 nitrogen and oxygen atoms in total. The number of rotatable bonds is 7. The number of thiol groups is 2. The van der Waals surface area contributed by atoms with Crippen molar-refractivity contribution in [1.29, 1.82) is 0 Å². The van der Waals surface area contributed by atoms with Gasteiger partial charge in [-0.2, -0.15) is 25.3 Å². The van der Waals surface area contributed by atoms with Crippen molar-refractivity contribution in [2.45, 2.75) is 62.9 Å². The van der Waals surface area contributed by atoms with Gasteiger partial charge in [0.15, 0.2) is 0 Å². The van der Waals surface area contributed by atoms with Crippen LogP contribution >= 0.6 is 25.3 Å². The molecule has 0 radical (unpaired) electrons. The van der Waals surface area contributed by atoms with Crippen LogP contribution in [-0.2, 0) is 134 Å². The largest absolute Gasteiger partial charge is 0.481 e. The summed E-state index contributed by atoms with van der Waals surface area (Å²) in [6.45, 7) is 8.07. The molecular weight excluding hydrogens is 723 g/mol. The Morgan fingerprint density at radius 2 is 1.18 bits per heavy atom. The Bertz CT molecular complexity index is 959. The minimum Gasteiger partial charge on any atom is -0.481 e. The van der Waals surface area contributed by atoms with Crippen LogP contribution in [0.25, 0.3) is 0 Å². The van der Waals surface area contributed by atoms with E-state index >= 15 is 0 Å². The molecule has 0 aromatic rings. The molecule has 0 fully saturated rings. The number of carboxylic acid groups (broad SMARTS) is 1. The molecule has 2 N–H and O–H groups in total. The zero-order valence-electron chi connectivity index (χ0n) is 18.6. The highest BCUT2D eigenvalue weighted by Gasteiger charge is 2.13. The summed E-state index contributed by atoms with van der Waals surface area (Å²) in [5.74, 6) is 1.59. The van der Waals surface area contributed by atoms with Crippen molar-refractivity contribution in [2.75, 3.05) is 6.54 Å². The third kappa shape index (κ3) is 59.3. The number of hydrogen-bond donors (Lipinski definition) is 4. The predicted octanol–water partition coefficient (Wildman–Crippen LogP) is 2.75. The van der Waals surface area contributed by atoms with Crippen molar-refractivity contribution in [3.8, 4) is 12.3 Å². The van der Waals surface area contributed by atoms with E-state index < -0.39 is 5.97 Å². The van der Waals surface area contributed by atoms with E-state index in [4.69, 9.17) is 11.5 Å². The zero-order chi connectivity index (χ0) is 27.5. The molecule has 0 rings (SSSR count). The third-order valence-electron chi connectivity index (χ3n) is 2.50. The van der Waals surface area contributed by atoms with Crippen LogP contribution in [0.1, 0.15) is 53.4 Å². The summed E-state index contributed by atoms with van der Waals surface area (Å²) < 4.78 is -0.244. The smallest absolute Gasteiger partial charge is 0.303 e. The number of nitrogens with one attached hydrogen (secondary N) is 1. The van der Waals surface area contributed by atoms with Crippen molar-refractivity contribution in [1.82, 2.24) is 5.32 Å². The molecule has 0 spiro atoms. The number of carbonyl (C=O) groups is 2. The van der Waals surface area contributed by atoms with Crippen LogP contribution < -0.4 is 5.32 Å². The number of hydrogen-bond acceptors (Lipinski definition) is 8. The highest BCUT2D eigenvalue weighted by molar-refractivity contribution is 8.68. The number of aliphatic carboxylic acids is 1. The lowest BCUT2D eigenvalue weighted by Crippen LogP contribution is -2.25. The first-order valence-corrected chi connectivity index (χ1v) is 24.1. The third-order valence-corrected chi connectivity index (χ3v) is 18.5. The Labute approximate surface area is 260 Å². The van der Waals surface area contributed by atoms with Gasteiger partial charge in [-0.15, -0.1) is 6.42 Å². The average molecular weight is 750 g/mol. The first kappa shape index (κ1) is 43.1. The molecule has 200 valence electrons. The predicted molar refractivity (Wildman–Crippen MR) is 190 cm³/mol. The van der Waals surface area contributed by atoms with Gasteiger partial charge in [-0.25, -0.2) is 0 Å². The van der Waals surface area contributed by atoms with E-state index in [1.165, 1.54) is 53.3 Å². The molecule has 0 bridgehead atoms. The fraction of sp³-hybridized carbons (Fsp3) is 0.733. The van der Waals surface area contributed by atoms with E-state index in [9.17, 15) is 9.59 Å². The fourth-order valence-corrected chi connectivity index (χ4v) is 15.1. The van der Waals surface area contributed by atoms with Crippen LogP contribution in [0, 0.1) is 12.3 Å². The van der Waals surface area contributed by atoms with Crippen LogP contribution in [0.2, 0.25) is 0 Å². The molecular formula is C15H27NO3S15. The average Bonchev–Trinajstić information content (AvgIpc) is 2.74. The minimum atomic E-state index is -0.753. The van der Waals surface area contributed by atoms with Crippen molar-refractivity contribution in [2.24, 2.45) is 0 Å². The quantitative estimate of drug-likeness (QED) is 0.236. The van der Waals surface area contributed by atoms with E-state index in [0.29, 0.717) is 19.4 Å². The van der Waals surface area contributed by atoms with Crippen molar-refractivity contribution in [3.05, 3.63) is 0 Å². The second kappa shape index (κ2) is 31.3. The van der Waals surface area contributed by atoms with E-state index in [0.717, 1.165) is 6.42 Å². The van der Waals surface area contributed by atoms with E-state index in [-0.39, 0.29) is 21.8 Å². The SMILES string of the molecule is C#CCNC(=O)CCC(C)(C)S.CC(C)(S)CCC(=O)O.S=S=S=S=S=S.S=S=S=S=S=S=S. The second-order valence-electron chi connectivity index (χ2n) is 6.61. The summed E-state index contributed by atoms with van der Waals surface area (Å²) in [4.78, 5) is 21.0. The molecule has 0 saturated carbocycles. The summed E-state index contributed by atoms with van der Waals surface area (Å²) in [5, 5.41) is 10.8. The molecule has 19 heteroatoms. The topological polar surface area (TPSA) is 66.4 Å². The molecule has 0 aromatic carbocycles. The summed E-state index contributed by atoms with van der Waals surface area (Å²) in [6.07, 6.45) is 7.04. The van der Waals surface area contributed by atoms with Crippen LogP contribution in [0.5, 0.6) is 0 Å². The number of carboxylic acids is 1. The van der Waals surface area contributed by atoms with Gasteiger partial charge in [-0.05, 0) is 12.8 Å². The molecule has 0 aliphatic carbocycles. The molecule has 0 unspecified atom stereocenters. The maximum Gasteiger partial charge on any atom is 0.303 e. The normalized spacial score (nSPS) is 9.09. The van der Waals surface area contributed by atoms with Gasteiger partial charge in [0.1, 0.15) is 0 Å². The highest BCUT2D eigenvalue weighted by Crippen LogP contribution is 2.18. The van der Waals surface area contributed by atoms with Gasteiger partial charge in [0, 0.05) is 147 Å². The molecule has 1 amide bonds. The lowest BCUT2D eigenvalue weighted by Gasteiger charge is -2.15. The van der Waals surface area contributed by atoms with Crippen LogP contribution in [0.3, 0.4) is 0 Å². The maximum atomic E-state index is 11.0. The van der Waals surface area contributed by atoms with Gasteiger partial charge < -0.3 is 10.4 Å². The number of terminal acetylenes is 1. The van der Waals surface area contributed by atoms with Crippen molar-refractivity contribution >= 4 is 162 Å². The van der Waals surface area contributed by atoms with Gasteiger partial charge >= 0.3 is 5.97 Å². The van der Waals surface area contributed by atoms with Gasteiger partial charge in [0.25, 0.3) is 0 Å². The number of carbonyl (C=O) groups excluding carboxylic acids is 1. The van der Waals surface area contributed by atoms with E-state index in [1.807, 2.05) is 27.7 Å². The lowest BCUT2D eigenvalue weighted by atomic mass is 10.1. The summed E-state index contributed by atoms with van der Waals surface area (Å²) in [5.41, 5.74) is 0. The molecule has 0 saturated heterocycles. The molecule has 0 heterocycles. The zero-order valence-corrected chi connectivity index (χ0v) is 31.0. The van der Waals surface area contributed by atoms with Crippen LogP contribution in [0.4, 0.5) is 0 Å². The molecule has 34 heavy (non-hydrogen) atoms. The van der Waals surface area contributed by atoms with E-state index in [2.05, 4.69) is 81.2 Å². The number of amides is 1. The highest BCUT2D eigenvalue weighted by atomic mass is 33.4. The lowest BCUT2D eigenvalue weighted by molar-refractivity contribution is -0.137. The van der Waals surface area contributed by atoms with E-state index in [1.54, 1.807) is 26.6 Å². The first-order chi connectivity index (χ1) is 15.7. The molecule has 0 aliphatic rings. The Kier molecular flexibility index (Phi) is 39.7. The standard InChI is InChI=1S/C9H15NOS.C6H12O2S.S7.S6/c1-4-7-10-8(11)5-6-9(2,3)12;1-6(2,9)4-3-5(7)8;1-3-5-7-6-4-2;1-3-5-6-4-2/h1,12H,5-7H2,2-3H3,(H,10,11);9H,3-4H2,1-2H3,(H,7,8);;. The monoisotopic (exact) mass is 749 g/mol. The van der Waals surface area contributed by atoms with Crippen molar-refractivity contribution in [3.63, 3.8) is 0 Å². The Morgan fingerprint density at radius 3 is 1.44 bits per heavy atom. The Balaban J connectivity index is -0.000000183. The van der Waals surface area contributed by atoms with Gasteiger partial charge in [-0.1, -0.05) is 33.6 Å². The van der Waals surface area contributed by atoms with Crippen molar-refractivity contribution < 1.29 is 14.7 Å². The van der Waals surface area contributed by atoms with Crippen LogP contribution in [0.15, 0.2) is 0 Å². The van der Waals surface area contributed by atoms with Gasteiger partial charge in [-0.3, -0.25) is 9.59 Å². The molecule has 0 aliphatic heterocycles. The Hall–Kier alpha value is 2.06. The summed E-state index contributed by atoms with van der Waals surface area (Å²) >= 11 is 26.6. The summed E-state index contributed by atoms with van der Waals surface area (Å²) in [6, 6.07) is 0. The summed E-state index contributed by atoms with van der Waals surface area (Å²) in [7, 11) is 13.0. The van der Waals surface area contributed by atoms with Crippen LogP contribution in [-0.4, -0.2) is 33.0 Å². The minimum absolute atomic E-state index is 0.00456. The second-order valence-corrected chi connectivity index (χ2v) is 25.0. The fourth-order valence-electron chi connectivity index (χ4n) is 1.13.